The number of hydrogen-bond donors (Lipinski definition) is 0. The predicted octanol–water partition coefficient (Wildman–Crippen LogP) is 2.42. The van der Waals surface area contributed by atoms with E-state index >= 15 is 0 Å². The lowest BCUT2D eigenvalue weighted by Crippen LogP contribution is -2.25. The Morgan fingerprint density at radius 1 is 1.38 bits per heavy atom. The number of hydrogen-bond acceptors (Lipinski definition) is 2. The highest BCUT2D eigenvalue weighted by atomic mass is 79.9. The Labute approximate surface area is 97.8 Å². The van der Waals surface area contributed by atoms with Crippen LogP contribution < -0.4 is 5.56 Å². The molecule has 0 saturated heterocycles. The lowest BCUT2D eigenvalue weighted by atomic mass is 10.2. The first-order valence-corrected chi connectivity index (χ1v) is 5.31. The maximum atomic E-state index is 12.2. The first-order chi connectivity index (χ1) is 7.59. The molecule has 0 N–H and O–H groups in total. The van der Waals surface area contributed by atoms with Crippen LogP contribution in [0.25, 0.3) is 10.8 Å². The Hall–Kier alpha value is -1.30. The fourth-order valence-electron chi connectivity index (χ4n) is 1.43. The SMILES string of the molecule is O=c1c2cccc(Br)c2cnn1CC(F)F. The maximum absolute atomic E-state index is 12.2. The summed E-state index contributed by atoms with van der Waals surface area (Å²) >= 11 is 3.27. The summed E-state index contributed by atoms with van der Waals surface area (Å²) in [7, 11) is 0. The fraction of sp³-hybridized carbons (Fsp3) is 0.200. The molecular formula is C10H7BrF2N2O. The third-order valence-electron chi connectivity index (χ3n) is 2.15. The van der Waals surface area contributed by atoms with Crippen molar-refractivity contribution < 1.29 is 8.78 Å². The van der Waals surface area contributed by atoms with Crippen LogP contribution in [0.4, 0.5) is 8.78 Å². The standard InChI is InChI=1S/C10H7BrF2N2O/c11-8-3-1-2-6-7(8)4-14-15(10(6)16)5-9(12)13/h1-4,9H,5H2. The summed E-state index contributed by atoms with van der Waals surface area (Å²) in [4.78, 5) is 11.8. The summed E-state index contributed by atoms with van der Waals surface area (Å²) in [5.74, 6) is 0. The first-order valence-electron chi connectivity index (χ1n) is 4.52. The van der Waals surface area contributed by atoms with Crippen LogP contribution in [-0.2, 0) is 6.54 Å². The van der Waals surface area contributed by atoms with Crippen molar-refractivity contribution in [3.63, 3.8) is 0 Å². The molecule has 0 amide bonds. The van der Waals surface area contributed by atoms with E-state index in [1.807, 2.05) is 0 Å². The molecule has 2 aromatic rings. The molecule has 0 spiro atoms. The summed E-state index contributed by atoms with van der Waals surface area (Å²) in [6.45, 7) is -0.679. The average Bonchev–Trinajstić information content (AvgIpc) is 2.23. The molecule has 1 heterocycles. The van der Waals surface area contributed by atoms with Crippen LogP contribution in [0.1, 0.15) is 0 Å². The largest absolute Gasteiger partial charge is 0.274 e. The lowest BCUT2D eigenvalue weighted by Gasteiger charge is -2.05. The molecule has 1 aromatic carbocycles. The second kappa shape index (κ2) is 4.29. The van der Waals surface area contributed by atoms with Gasteiger partial charge in [-0.05, 0) is 12.1 Å². The fourth-order valence-corrected chi connectivity index (χ4v) is 1.90. The zero-order chi connectivity index (χ0) is 11.7. The lowest BCUT2D eigenvalue weighted by molar-refractivity contribution is 0.120. The highest BCUT2D eigenvalue weighted by Gasteiger charge is 2.10. The highest BCUT2D eigenvalue weighted by Crippen LogP contribution is 2.19. The molecule has 2 rings (SSSR count). The molecule has 1 aromatic heterocycles. The maximum Gasteiger partial charge on any atom is 0.274 e. The van der Waals surface area contributed by atoms with Gasteiger partial charge in [-0.15, -0.1) is 0 Å². The van der Waals surface area contributed by atoms with Gasteiger partial charge in [-0.25, -0.2) is 13.5 Å². The molecule has 0 radical (unpaired) electrons. The number of nitrogens with zero attached hydrogens (tertiary/aromatic N) is 2. The molecule has 0 atom stereocenters. The summed E-state index contributed by atoms with van der Waals surface area (Å²) in [5.41, 5.74) is -0.501. The van der Waals surface area contributed by atoms with Crippen LogP contribution in [0.5, 0.6) is 0 Å². The summed E-state index contributed by atoms with van der Waals surface area (Å²) < 4.78 is 25.8. The Morgan fingerprint density at radius 2 is 2.12 bits per heavy atom. The van der Waals surface area contributed by atoms with Crippen molar-refractivity contribution in [2.24, 2.45) is 0 Å². The van der Waals surface area contributed by atoms with E-state index in [4.69, 9.17) is 0 Å². The van der Waals surface area contributed by atoms with E-state index in [0.29, 0.717) is 10.8 Å². The molecule has 0 saturated carbocycles. The van der Waals surface area contributed by atoms with Crippen molar-refractivity contribution >= 4 is 26.7 Å². The number of fused-ring (bicyclic) bond motifs is 1. The van der Waals surface area contributed by atoms with Gasteiger partial charge in [0.25, 0.3) is 12.0 Å². The van der Waals surface area contributed by atoms with Crippen LogP contribution in [0.2, 0.25) is 0 Å². The molecule has 84 valence electrons. The number of benzene rings is 1. The molecule has 0 bridgehead atoms. The van der Waals surface area contributed by atoms with Gasteiger partial charge in [0.1, 0.15) is 6.54 Å². The smallest absolute Gasteiger partial charge is 0.267 e. The summed E-state index contributed by atoms with van der Waals surface area (Å²) in [6, 6.07) is 5.04. The van der Waals surface area contributed by atoms with E-state index in [-0.39, 0.29) is 0 Å². The first kappa shape index (κ1) is 11.2. The number of rotatable bonds is 2. The van der Waals surface area contributed by atoms with Crippen molar-refractivity contribution in [3.05, 3.63) is 39.2 Å². The number of alkyl halides is 2. The molecule has 0 aliphatic heterocycles. The van der Waals surface area contributed by atoms with Gasteiger partial charge in [-0.1, -0.05) is 22.0 Å². The number of halogens is 3. The second-order valence-electron chi connectivity index (χ2n) is 3.22. The zero-order valence-electron chi connectivity index (χ0n) is 8.03. The third-order valence-corrected chi connectivity index (χ3v) is 2.85. The monoisotopic (exact) mass is 288 g/mol. The van der Waals surface area contributed by atoms with Crippen molar-refractivity contribution in [1.29, 1.82) is 0 Å². The minimum Gasteiger partial charge on any atom is -0.267 e. The normalized spacial score (nSPS) is 11.2. The zero-order valence-corrected chi connectivity index (χ0v) is 9.62. The van der Waals surface area contributed by atoms with Gasteiger partial charge in [0.05, 0.1) is 11.6 Å². The van der Waals surface area contributed by atoms with Crippen molar-refractivity contribution in [1.82, 2.24) is 9.78 Å². The number of aromatic nitrogens is 2. The van der Waals surface area contributed by atoms with Gasteiger partial charge < -0.3 is 0 Å². The second-order valence-corrected chi connectivity index (χ2v) is 4.08. The van der Waals surface area contributed by atoms with Gasteiger partial charge in [0.2, 0.25) is 0 Å². The quantitative estimate of drug-likeness (QED) is 0.851. The van der Waals surface area contributed by atoms with E-state index < -0.39 is 18.5 Å². The van der Waals surface area contributed by atoms with Crippen LogP contribution in [0, 0.1) is 0 Å². The van der Waals surface area contributed by atoms with E-state index in [1.165, 1.54) is 6.20 Å². The van der Waals surface area contributed by atoms with E-state index in [2.05, 4.69) is 21.0 Å². The molecule has 0 fully saturated rings. The van der Waals surface area contributed by atoms with Gasteiger partial charge in [-0.2, -0.15) is 5.10 Å². The van der Waals surface area contributed by atoms with Crippen LogP contribution >= 0.6 is 15.9 Å². The molecule has 0 unspecified atom stereocenters. The molecule has 0 aliphatic rings. The molecular weight excluding hydrogens is 282 g/mol. The minimum atomic E-state index is -2.59. The van der Waals surface area contributed by atoms with Crippen LogP contribution in [0.15, 0.2) is 33.7 Å². The Bertz CT molecular complexity index is 583. The van der Waals surface area contributed by atoms with E-state index in [1.54, 1.807) is 18.2 Å². The summed E-state index contributed by atoms with van der Waals surface area (Å²) in [6.07, 6.45) is -1.18. The Balaban J connectivity index is 2.66. The van der Waals surface area contributed by atoms with Gasteiger partial charge in [-0.3, -0.25) is 4.79 Å². The van der Waals surface area contributed by atoms with Crippen molar-refractivity contribution in [2.75, 3.05) is 0 Å². The van der Waals surface area contributed by atoms with E-state index in [0.717, 1.165) is 9.15 Å². The van der Waals surface area contributed by atoms with E-state index in [9.17, 15) is 13.6 Å². The van der Waals surface area contributed by atoms with Crippen molar-refractivity contribution in [3.8, 4) is 0 Å². The molecule has 16 heavy (non-hydrogen) atoms. The minimum absolute atomic E-state index is 0.380. The van der Waals surface area contributed by atoms with Crippen molar-refractivity contribution in [2.45, 2.75) is 13.0 Å². The predicted molar refractivity (Wildman–Crippen MR) is 59.7 cm³/mol. The van der Waals surface area contributed by atoms with Gasteiger partial charge in [0.15, 0.2) is 0 Å². The average molecular weight is 289 g/mol. The van der Waals surface area contributed by atoms with Gasteiger partial charge in [0, 0.05) is 9.86 Å². The van der Waals surface area contributed by atoms with Crippen LogP contribution in [-0.4, -0.2) is 16.2 Å². The molecule has 0 aliphatic carbocycles. The van der Waals surface area contributed by atoms with Crippen LogP contribution in [0.3, 0.4) is 0 Å². The third kappa shape index (κ3) is 1.97. The Morgan fingerprint density at radius 3 is 2.81 bits per heavy atom. The molecule has 6 heteroatoms. The Kier molecular flexibility index (Phi) is 3.00. The highest BCUT2D eigenvalue weighted by molar-refractivity contribution is 9.10. The van der Waals surface area contributed by atoms with Gasteiger partial charge >= 0.3 is 0 Å². The topological polar surface area (TPSA) is 34.9 Å². The molecule has 3 nitrogen and oxygen atoms in total. The summed E-state index contributed by atoms with van der Waals surface area (Å²) in [5, 5.41) is 4.70.